The van der Waals surface area contributed by atoms with Crippen LogP contribution < -0.4 is 4.74 Å². The Hall–Kier alpha value is -1.55. The Kier molecular flexibility index (Phi) is 5.41. The van der Waals surface area contributed by atoms with E-state index in [0.29, 0.717) is 12.6 Å². The van der Waals surface area contributed by atoms with Crippen molar-refractivity contribution >= 4 is 5.97 Å². The zero-order valence-corrected chi connectivity index (χ0v) is 12.3. The van der Waals surface area contributed by atoms with E-state index < -0.39 is 0 Å². The van der Waals surface area contributed by atoms with Gasteiger partial charge in [0.15, 0.2) is 0 Å². The lowest BCUT2D eigenvalue weighted by atomic mass is 10.0. The van der Waals surface area contributed by atoms with Gasteiger partial charge in [-0.3, -0.25) is 9.69 Å². The topological polar surface area (TPSA) is 38.8 Å². The number of methoxy groups -OCH3 is 2. The van der Waals surface area contributed by atoms with Gasteiger partial charge >= 0.3 is 5.97 Å². The molecule has 0 saturated carbocycles. The molecule has 0 bridgehead atoms. The summed E-state index contributed by atoms with van der Waals surface area (Å²) in [6, 6.07) is 8.45. The minimum Gasteiger partial charge on any atom is -0.497 e. The first-order valence-corrected chi connectivity index (χ1v) is 7.19. The summed E-state index contributed by atoms with van der Waals surface area (Å²) in [6.07, 6.45) is 4.66. The van der Waals surface area contributed by atoms with Crippen LogP contribution in [0.15, 0.2) is 24.3 Å². The lowest BCUT2D eigenvalue weighted by Crippen LogP contribution is -2.34. The third-order valence-corrected chi connectivity index (χ3v) is 3.92. The molecule has 4 heteroatoms. The molecular weight excluding hydrogens is 254 g/mol. The fraction of sp³-hybridized carbons (Fsp3) is 0.562. The van der Waals surface area contributed by atoms with E-state index in [0.717, 1.165) is 25.1 Å². The van der Waals surface area contributed by atoms with Crippen molar-refractivity contribution in [1.82, 2.24) is 4.90 Å². The van der Waals surface area contributed by atoms with E-state index in [9.17, 15) is 4.79 Å². The number of carbonyl (C=O) groups excluding carboxylic acids is 1. The number of nitrogens with zero attached hydrogens (tertiary/aromatic N) is 1. The van der Waals surface area contributed by atoms with E-state index in [4.69, 9.17) is 9.47 Å². The molecule has 1 aliphatic rings. The smallest absolute Gasteiger partial charge is 0.319 e. The second-order valence-electron chi connectivity index (χ2n) is 5.18. The molecule has 20 heavy (non-hydrogen) atoms. The number of hydrogen-bond acceptors (Lipinski definition) is 4. The maximum atomic E-state index is 11.6. The highest BCUT2D eigenvalue weighted by Crippen LogP contribution is 2.30. The van der Waals surface area contributed by atoms with Gasteiger partial charge in [-0.05, 0) is 37.1 Å². The minimum atomic E-state index is -0.162. The van der Waals surface area contributed by atoms with Gasteiger partial charge in [0.05, 0.1) is 20.8 Å². The summed E-state index contributed by atoms with van der Waals surface area (Å²) in [5.74, 6) is 0.701. The Labute approximate surface area is 120 Å². The van der Waals surface area contributed by atoms with Crippen molar-refractivity contribution < 1.29 is 14.3 Å². The van der Waals surface area contributed by atoms with Crippen LogP contribution in [0.2, 0.25) is 0 Å². The summed E-state index contributed by atoms with van der Waals surface area (Å²) in [5, 5.41) is 0. The van der Waals surface area contributed by atoms with Gasteiger partial charge in [-0.1, -0.05) is 25.0 Å². The Morgan fingerprint density at radius 3 is 2.60 bits per heavy atom. The number of benzene rings is 1. The highest BCUT2D eigenvalue weighted by Gasteiger charge is 2.24. The molecule has 1 atom stereocenters. The van der Waals surface area contributed by atoms with Gasteiger partial charge in [0.25, 0.3) is 0 Å². The van der Waals surface area contributed by atoms with E-state index in [-0.39, 0.29) is 5.97 Å². The highest BCUT2D eigenvalue weighted by atomic mass is 16.5. The van der Waals surface area contributed by atoms with Gasteiger partial charge in [-0.15, -0.1) is 0 Å². The second-order valence-corrected chi connectivity index (χ2v) is 5.18. The van der Waals surface area contributed by atoms with Crippen molar-refractivity contribution in [3.63, 3.8) is 0 Å². The molecule has 1 heterocycles. The van der Waals surface area contributed by atoms with Gasteiger partial charge in [-0.25, -0.2) is 0 Å². The first-order chi connectivity index (χ1) is 9.74. The molecule has 1 fully saturated rings. The molecular formula is C16H23NO3. The van der Waals surface area contributed by atoms with Crippen molar-refractivity contribution in [1.29, 1.82) is 0 Å². The van der Waals surface area contributed by atoms with Crippen LogP contribution in [0.1, 0.15) is 37.3 Å². The average molecular weight is 277 g/mol. The minimum absolute atomic E-state index is 0.162. The van der Waals surface area contributed by atoms with Crippen LogP contribution in [-0.4, -0.2) is 38.2 Å². The summed E-state index contributed by atoms with van der Waals surface area (Å²) in [6.45, 7) is 1.32. The number of likely N-dealkylation sites (tertiary alicyclic amines) is 1. The second kappa shape index (κ2) is 7.29. The Morgan fingerprint density at radius 2 is 1.95 bits per heavy atom. The van der Waals surface area contributed by atoms with E-state index >= 15 is 0 Å². The Bertz CT molecular complexity index is 430. The number of carbonyl (C=O) groups is 1. The molecule has 0 amide bonds. The number of ether oxygens (including phenoxy) is 2. The summed E-state index contributed by atoms with van der Waals surface area (Å²) < 4.78 is 10.0. The maximum absolute atomic E-state index is 11.6. The van der Waals surface area contributed by atoms with Crippen LogP contribution in [0.5, 0.6) is 5.75 Å². The molecule has 1 aliphatic heterocycles. The lowest BCUT2D eigenvalue weighted by molar-refractivity contribution is -0.142. The van der Waals surface area contributed by atoms with Crippen molar-refractivity contribution in [3.05, 3.63) is 29.8 Å². The molecule has 110 valence electrons. The van der Waals surface area contributed by atoms with Crippen LogP contribution in [0.25, 0.3) is 0 Å². The largest absolute Gasteiger partial charge is 0.497 e. The fourth-order valence-electron chi connectivity index (χ4n) is 2.79. The summed E-state index contributed by atoms with van der Waals surface area (Å²) in [4.78, 5) is 13.8. The Balaban J connectivity index is 2.15. The third-order valence-electron chi connectivity index (χ3n) is 3.92. The number of rotatable bonds is 4. The van der Waals surface area contributed by atoms with Crippen LogP contribution in [0.4, 0.5) is 0 Å². The molecule has 1 saturated heterocycles. The van der Waals surface area contributed by atoms with Crippen molar-refractivity contribution in [2.75, 3.05) is 27.3 Å². The average Bonchev–Trinajstić information content (AvgIpc) is 2.72. The number of esters is 1. The molecule has 4 nitrogen and oxygen atoms in total. The molecule has 0 N–H and O–H groups in total. The van der Waals surface area contributed by atoms with Crippen molar-refractivity contribution in [2.24, 2.45) is 0 Å². The van der Waals surface area contributed by atoms with Crippen LogP contribution in [-0.2, 0) is 9.53 Å². The summed E-state index contributed by atoms with van der Waals surface area (Å²) >= 11 is 0. The molecule has 2 rings (SSSR count). The fourth-order valence-corrected chi connectivity index (χ4v) is 2.79. The van der Waals surface area contributed by atoms with E-state index in [1.165, 1.54) is 25.5 Å². The summed E-state index contributed by atoms with van der Waals surface area (Å²) in [5.41, 5.74) is 1.25. The van der Waals surface area contributed by atoms with E-state index in [1.807, 2.05) is 12.1 Å². The van der Waals surface area contributed by atoms with Gasteiger partial charge in [0, 0.05) is 6.04 Å². The lowest BCUT2D eigenvalue weighted by Gasteiger charge is -2.29. The Morgan fingerprint density at radius 1 is 1.20 bits per heavy atom. The third kappa shape index (κ3) is 3.73. The normalized spacial score (nSPS) is 20.2. The number of hydrogen-bond donors (Lipinski definition) is 0. The van der Waals surface area contributed by atoms with Gasteiger partial charge in [0.2, 0.25) is 0 Å². The standard InChI is InChI=1S/C16H23NO3/c1-19-14-9-7-13(8-10-14)15-6-4-3-5-11-17(15)12-16(18)20-2/h7-10,15H,3-6,11-12H2,1-2H3. The van der Waals surface area contributed by atoms with Crippen LogP contribution in [0, 0.1) is 0 Å². The molecule has 1 unspecified atom stereocenters. The first kappa shape index (κ1) is 14.9. The van der Waals surface area contributed by atoms with E-state index in [1.54, 1.807) is 7.11 Å². The zero-order chi connectivity index (χ0) is 14.4. The van der Waals surface area contributed by atoms with Crippen LogP contribution >= 0.6 is 0 Å². The van der Waals surface area contributed by atoms with Crippen molar-refractivity contribution in [2.45, 2.75) is 31.7 Å². The molecule has 1 aromatic carbocycles. The molecule has 0 aliphatic carbocycles. The quantitative estimate of drug-likeness (QED) is 0.793. The van der Waals surface area contributed by atoms with Gasteiger partial charge < -0.3 is 9.47 Å². The molecule has 0 aromatic heterocycles. The first-order valence-electron chi connectivity index (χ1n) is 7.19. The van der Waals surface area contributed by atoms with Crippen molar-refractivity contribution in [3.8, 4) is 5.75 Å². The SMILES string of the molecule is COC(=O)CN1CCCCCC1c1ccc(OC)cc1. The summed E-state index contributed by atoms with van der Waals surface area (Å²) in [7, 11) is 3.12. The predicted molar refractivity (Wildman–Crippen MR) is 77.8 cm³/mol. The van der Waals surface area contributed by atoms with E-state index in [2.05, 4.69) is 17.0 Å². The predicted octanol–water partition coefficient (Wildman–Crippen LogP) is 2.79. The maximum Gasteiger partial charge on any atom is 0.319 e. The molecule has 0 radical (unpaired) electrons. The highest BCUT2D eigenvalue weighted by molar-refractivity contribution is 5.71. The molecule has 0 spiro atoms. The molecule has 1 aromatic rings. The van der Waals surface area contributed by atoms with Gasteiger partial charge in [-0.2, -0.15) is 0 Å². The van der Waals surface area contributed by atoms with Crippen LogP contribution in [0.3, 0.4) is 0 Å². The monoisotopic (exact) mass is 277 g/mol. The zero-order valence-electron chi connectivity index (χ0n) is 12.3. The van der Waals surface area contributed by atoms with Gasteiger partial charge in [0.1, 0.15) is 5.75 Å².